The summed E-state index contributed by atoms with van der Waals surface area (Å²) in [6.07, 6.45) is -11.5. The fourth-order valence-corrected chi connectivity index (χ4v) is 3.68. The number of hydrogen-bond donors (Lipinski definition) is 0. The third-order valence-corrected chi connectivity index (χ3v) is 5.57. The van der Waals surface area contributed by atoms with Crippen LogP contribution in [-0.4, -0.2) is 12.4 Å². The van der Waals surface area contributed by atoms with E-state index in [-0.39, 0.29) is 0 Å². The summed E-state index contributed by atoms with van der Waals surface area (Å²) >= 11 is 1.06. The summed E-state index contributed by atoms with van der Waals surface area (Å²) in [7, 11) is 0. The van der Waals surface area contributed by atoms with Gasteiger partial charge in [-0.3, -0.25) is 0 Å². The van der Waals surface area contributed by atoms with Crippen LogP contribution < -0.4 is 0 Å². The second kappa shape index (κ2) is 7.54. The second-order valence-corrected chi connectivity index (χ2v) is 7.55. The summed E-state index contributed by atoms with van der Waals surface area (Å²) in [5.74, 6) is -10.0. The lowest BCUT2D eigenvalue weighted by Gasteiger charge is -2.20. The molecule has 1 heterocycles. The Morgan fingerprint density at radius 1 is 0.419 bits per heavy atom. The predicted molar refractivity (Wildman–Crippen MR) is 95.1 cm³/mol. The van der Waals surface area contributed by atoms with Crippen LogP contribution in [0.15, 0.2) is 60.7 Å². The molecule has 1 aromatic heterocycles. The lowest BCUT2D eigenvalue weighted by molar-refractivity contribution is -0.289. The van der Waals surface area contributed by atoms with Crippen LogP contribution in [0.1, 0.15) is 11.1 Å². The molecule has 3 rings (SSSR count). The molecule has 0 amide bonds. The van der Waals surface area contributed by atoms with Crippen molar-refractivity contribution in [2.24, 2.45) is 0 Å². The Balaban J connectivity index is 1.84. The van der Waals surface area contributed by atoms with E-state index in [1.54, 1.807) is 0 Å². The average Bonchev–Trinajstić information content (AvgIpc) is 3.16. The third-order valence-electron chi connectivity index (χ3n) is 4.38. The second-order valence-electron chi connectivity index (χ2n) is 6.46. The molecule has 0 bridgehead atoms. The van der Waals surface area contributed by atoms with Crippen LogP contribution in [0.4, 0.5) is 43.9 Å². The number of halogens is 10. The van der Waals surface area contributed by atoms with E-state index in [4.69, 9.17) is 0 Å². The van der Waals surface area contributed by atoms with Gasteiger partial charge in [-0.2, -0.15) is 43.9 Å². The van der Waals surface area contributed by atoms with E-state index in [9.17, 15) is 43.9 Å². The summed E-state index contributed by atoms with van der Waals surface area (Å²) < 4.78 is 128. The minimum atomic E-state index is -5.74. The number of alkyl halides is 10. The van der Waals surface area contributed by atoms with Crippen LogP contribution >= 0.6 is 11.3 Å². The largest absolute Gasteiger partial charge is 0.458 e. The van der Waals surface area contributed by atoms with Crippen molar-refractivity contribution < 1.29 is 43.9 Å². The van der Waals surface area contributed by atoms with Crippen molar-refractivity contribution in [3.8, 4) is 20.9 Å². The number of thiophene rings is 1. The maximum absolute atomic E-state index is 13.4. The van der Waals surface area contributed by atoms with Gasteiger partial charge in [0.25, 0.3) is 0 Å². The molecule has 0 aliphatic carbocycles. The molecule has 0 spiro atoms. The minimum absolute atomic E-state index is 0.332. The molecule has 0 unspecified atom stereocenters. The molecule has 11 heteroatoms. The van der Waals surface area contributed by atoms with Gasteiger partial charge in [0, 0.05) is 20.9 Å². The molecule has 0 aliphatic rings. The van der Waals surface area contributed by atoms with Gasteiger partial charge in [0.2, 0.25) is 0 Å². The first-order valence-electron chi connectivity index (χ1n) is 8.35. The Labute approximate surface area is 172 Å². The van der Waals surface area contributed by atoms with Crippen LogP contribution in [-0.2, 0) is 11.8 Å². The molecule has 0 atom stereocenters. The van der Waals surface area contributed by atoms with Gasteiger partial charge in [0.15, 0.2) is 0 Å². The lowest BCUT2D eigenvalue weighted by atomic mass is 10.0. The Morgan fingerprint density at radius 2 is 0.710 bits per heavy atom. The first-order chi connectivity index (χ1) is 14.1. The van der Waals surface area contributed by atoms with E-state index in [1.165, 1.54) is 12.1 Å². The molecule has 31 heavy (non-hydrogen) atoms. The molecule has 0 nitrogen and oxygen atoms in total. The highest BCUT2D eigenvalue weighted by molar-refractivity contribution is 7.18. The highest BCUT2D eigenvalue weighted by atomic mass is 32.1. The van der Waals surface area contributed by atoms with E-state index in [0.717, 1.165) is 35.6 Å². The molecule has 0 saturated heterocycles. The van der Waals surface area contributed by atoms with Gasteiger partial charge in [0.05, 0.1) is 0 Å². The van der Waals surface area contributed by atoms with Gasteiger partial charge in [-0.05, 0) is 23.3 Å². The summed E-state index contributed by atoms with van der Waals surface area (Å²) in [5.41, 5.74) is -1.78. The molecule has 166 valence electrons. The number of hydrogen-bond acceptors (Lipinski definition) is 1. The summed E-state index contributed by atoms with van der Waals surface area (Å²) in [4.78, 5) is 0.947. The SMILES string of the molecule is FC(F)(F)C(F)(F)c1ccc(-c2ccc(-c3ccc(C(F)(F)C(F)(F)F)cc3)s2)cc1. The van der Waals surface area contributed by atoms with Crippen molar-refractivity contribution in [2.75, 3.05) is 0 Å². The van der Waals surface area contributed by atoms with E-state index in [2.05, 4.69) is 0 Å². The Bertz CT molecular complexity index is 957. The molecule has 0 N–H and O–H groups in total. The van der Waals surface area contributed by atoms with E-state index < -0.39 is 35.3 Å². The normalized spacial score (nSPS) is 13.5. The first kappa shape index (κ1) is 23.1. The van der Waals surface area contributed by atoms with Crippen molar-refractivity contribution in [3.63, 3.8) is 0 Å². The van der Waals surface area contributed by atoms with Gasteiger partial charge < -0.3 is 0 Å². The van der Waals surface area contributed by atoms with Crippen molar-refractivity contribution in [1.82, 2.24) is 0 Å². The minimum Gasteiger partial charge on any atom is -0.191 e. The highest BCUT2D eigenvalue weighted by Crippen LogP contribution is 2.46. The monoisotopic (exact) mass is 472 g/mol. The molecule has 0 aliphatic heterocycles. The van der Waals surface area contributed by atoms with Crippen molar-refractivity contribution in [1.29, 1.82) is 0 Å². The Kier molecular flexibility index (Phi) is 5.62. The van der Waals surface area contributed by atoms with Crippen molar-refractivity contribution >= 4 is 11.3 Å². The summed E-state index contributed by atoms with van der Waals surface area (Å²) in [5, 5.41) is 0. The van der Waals surface area contributed by atoms with Gasteiger partial charge in [-0.15, -0.1) is 11.3 Å². The fourth-order valence-electron chi connectivity index (χ4n) is 2.66. The average molecular weight is 472 g/mol. The number of rotatable bonds is 4. The smallest absolute Gasteiger partial charge is 0.191 e. The Hall–Kier alpha value is -2.56. The van der Waals surface area contributed by atoms with Crippen LogP contribution in [0.25, 0.3) is 20.9 Å². The first-order valence-corrected chi connectivity index (χ1v) is 9.17. The molecular formula is C20H10F10S. The lowest BCUT2D eigenvalue weighted by Crippen LogP contribution is -2.33. The van der Waals surface area contributed by atoms with E-state index >= 15 is 0 Å². The zero-order chi connectivity index (χ0) is 23.2. The van der Waals surface area contributed by atoms with Gasteiger partial charge in [0.1, 0.15) is 0 Å². The van der Waals surface area contributed by atoms with Crippen LogP contribution in [0.3, 0.4) is 0 Å². The standard InChI is InChI=1S/C20H10F10S/c21-17(22,19(25,26)27)13-5-1-11(2-6-13)15-9-10-16(31-15)12-3-7-14(8-4-12)18(23,24)20(28,29)30/h1-10H. The number of benzene rings is 2. The van der Waals surface area contributed by atoms with Crippen molar-refractivity contribution in [2.45, 2.75) is 24.2 Å². The summed E-state index contributed by atoms with van der Waals surface area (Å²) in [6, 6.07) is 9.97. The molecule has 0 radical (unpaired) electrons. The van der Waals surface area contributed by atoms with Crippen LogP contribution in [0, 0.1) is 0 Å². The molecular weight excluding hydrogens is 462 g/mol. The quantitative estimate of drug-likeness (QED) is 0.335. The van der Waals surface area contributed by atoms with E-state index in [0.29, 0.717) is 45.1 Å². The highest BCUT2D eigenvalue weighted by Gasteiger charge is 2.59. The molecule has 0 saturated carbocycles. The maximum atomic E-state index is 13.4. The summed E-state index contributed by atoms with van der Waals surface area (Å²) in [6.45, 7) is 0. The maximum Gasteiger partial charge on any atom is 0.458 e. The van der Waals surface area contributed by atoms with Crippen LogP contribution in [0.5, 0.6) is 0 Å². The molecule has 2 aromatic carbocycles. The van der Waals surface area contributed by atoms with E-state index in [1.807, 2.05) is 0 Å². The van der Waals surface area contributed by atoms with Gasteiger partial charge in [-0.1, -0.05) is 48.5 Å². The topological polar surface area (TPSA) is 0 Å². The Morgan fingerprint density at radius 3 is 0.968 bits per heavy atom. The zero-order valence-corrected chi connectivity index (χ0v) is 15.8. The molecule has 0 fully saturated rings. The predicted octanol–water partition coefficient (Wildman–Crippen LogP) is 8.39. The van der Waals surface area contributed by atoms with Crippen LogP contribution in [0.2, 0.25) is 0 Å². The molecule has 3 aromatic rings. The fraction of sp³-hybridized carbons (Fsp3) is 0.200. The third kappa shape index (κ3) is 4.28. The van der Waals surface area contributed by atoms with Gasteiger partial charge in [-0.25, -0.2) is 0 Å². The zero-order valence-electron chi connectivity index (χ0n) is 15.0. The van der Waals surface area contributed by atoms with Gasteiger partial charge >= 0.3 is 24.2 Å². The van der Waals surface area contributed by atoms with Crippen molar-refractivity contribution in [3.05, 3.63) is 71.8 Å².